The molecule has 3 aromatic carbocycles. The zero-order chi connectivity index (χ0) is 25.8. The maximum atomic E-state index is 13.8. The third-order valence-corrected chi connectivity index (χ3v) is 7.04. The number of para-hydroxylation sites is 1. The molecule has 37 heavy (non-hydrogen) atoms. The molecule has 0 aliphatic carbocycles. The van der Waals surface area contributed by atoms with Crippen LogP contribution in [-0.2, 0) is 17.9 Å². The van der Waals surface area contributed by atoms with Gasteiger partial charge in [0, 0.05) is 31.1 Å². The van der Waals surface area contributed by atoms with Crippen molar-refractivity contribution in [3.05, 3.63) is 112 Å². The molecule has 7 heteroatoms. The largest absolute Gasteiger partial charge is 0.339 e. The molecule has 5 rings (SSSR count). The Bertz CT molecular complexity index is 1470. The van der Waals surface area contributed by atoms with E-state index in [1.54, 1.807) is 23.1 Å². The summed E-state index contributed by atoms with van der Waals surface area (Å²) in [5.74, 6) is 0.294. The summed E-state index contributed by atoms with van der Waals surface area (Å²) in [6, 6.07) is 24.6. The van der Waals surface area contributed by atoms with E-state index in [0.717, 1.165) is 11.1 Å². The minimum Gasteiger partial charge on any atom is -0.339 e. The highest BCUT2D eigenvalue weighted by atomic mass is 16.2. The molecule has 0 saturated carbocycles. The number of carbonyl (C=O) groups is 2. The Morgan fingerprint density at radius 2 is 1.59 bits per heavy atom. The number of hydrogen-bond donors (Lipinski definition) is 1. The van der Waals surface area contributed by atoms with Crippen LogP contribution in [0.3, 0.4) is 0 Å². The molecule has 1 N–H and O–H groups in total. The van der Waals surface area contributed by atoms with Gasteiger partial charge in [-0.15, -0.1) is 0 Å². The molecular weight excluding hydrogens is 464 g/mol. The van der Waals surface area contributed by atoms with Gasteiger partial charge in [0.1, 0.15) is 5.82 Å². The minimum atomic E-state index is -0.212. The molecule has 0 unspecified atom stereocenters. The van der Waals surface area contributed by atoms with Gasteiger partial charge in [0.15, 0.2) is 0 Å². The molecule has 7 nitrogen and oxygen atoms in total. The first-order chi connectivity index (χ1) is 18.0. The van der Waals surface area contributed by atoms with Gasteiger partial charge in [-0.1, -0.05) is 60.7 Å². The lowest BCUT2D eigenvalue weighted by Crippen LogP contribution is -2.44. The van der Waals surface area contributed by atoms with E-state index in [9.17, 15) is 14.4 Å². The van der Waals surface area contributed by atoms with Crippen LogP contribution in [0, 0.1) is 12.8 Å². The van der Waals surface area contributed by atoms with Crippen molar-refractivity contribution in [3.63, 3.8) is 0 Å². The molecule has 188 valence electrons. The van der Waals surface area contributed by atoms with Crippen molar-refractivity contribution < 1.29 is 9.59 Å². The monoisotopic (exact) mass is 494 g/mol. The molecule has 1 fully saturated rings. The smallest absolute Gasteiger partial charge is 0.258 e. The predicted octanol–water partition coefficient (Wildman–Crippen LogP) is 4.31. The molecule has 1 aromatic heterocycles. The molecule has 1 saturated heterocycles. The van der Waals surface area contributed by atoms with Crippen molar-refractivity contribution in [1.29, 1.82) is 0 Å². The van der Waals surface area contributed by atoms with E-state index < -0.39 is 0 Å². The first kappa shape index (κ1) is 24.4. The number of likely N-dealkylation sites (tertiary alicyclic amines) is 1. The van der Waals surface area contributed by atoms with Crippen molar-refractivity contribution in [2.24, 2.45) is 5.92 Å². The standard InChI is InChI=1S/C30H30N4O3/c1-21-9-5-6-12-24(21)30(37)33-17-15-23(16-18-33)29(36)34(19-22-10-3-2-4-11-22)20-27-31-26-14-8-7-13-25(26)28(35)32-27/h2-14,23H,15-20H2,1H3,(H,31,32,35). The van der Waals surface area contributed by atoms with E-state index in [4.69, 9.17) is 0 Å². The van der Waals surface area contributed by atoms with Crippen LogP contribution in [0.5, 0.6) is 0 Å². The van der Waals surface area contributed by atoms with Crippen molar-refractivity contribution in [2.75, 3.05) is 13.1 Å². The van der Waals surface area contributed by atoms with Crippen LogP contribution in [0.25, 0.3) is 10.9 Å². The van der Waals surface area contributed by atoms with Crippen molar-refractivity contribution in [1.82, 2.24) is 19.8 Å². The molecule has 1 aliphatic rings. The SMILES string of the molecule is Cc1ccccc1C(=O)N1CCC(C(=O)N(Cc2ccccc2)Cc2nc3ccccc3c(=O)[nH]2)CC1. The van der Waals surface area contributed by atoms with Gasteiger partial charge in [-0.3, -0.25) is 14.4 Å². The highest BCUT2D eigenvalue weighted by Gasteiger charge is 2.31. The Morgan fingerprint density at radius 1 is 0.919 bits per heavy atom. The highest BCUT2D eigenvalue weighted by molar-refractivity contribution is 5.95. The van der Waals surface area contributed by atoms with Crippen molar-refractivity contribution in [3.8, 4) is 0 Å². The predicted molar refractivity (Wildman–Crippen MR) is 143 cm³/mol. The van der Waals surface area contributed by atoms with Crippen molar-refractivity contribution in [2.45, 2.75) is 32.9 Å². The van der Waals surface area contributed by atoms with E-state index in [-0.39, 0.29) is 29.8 Å². The average Bonchev–Trinajstić information content (AvgIpc) is 2.93. The molecule has 1 aliphatic heterocycles. The topological polar surface area (TPSA) is 86.4 Å². The summed E-state index contributed by atoms with van der Waals surface area (Å²) in [6.45, 7) is 3.63. The molecule has 2 heterocycles. The number of aromatic nitrogens is 2. The van der Waals surface area contributed by atoms with Crippen LogP contribution in [0.2, 0.25) is 0 Å². The number of nitrogens with zero attached hydrogens (tertiary/aromatic N) is 3. The third kappa shape index (κ3) is 5.45. The van der Waals surface area contributed by atoms with Gasteiger partial charge in [-0.05, 0) is 49.1 Å². The second-order valence-corrected chi connectivity index (χ2v) is 9.59. The number of hydrogen-bond acceptors (Lipinski definition) is 4. The summed E-state index contributed by atoms with van der Waals surface area (Å²) >= 11 is 0. The molecule has 0 radical (unpaired) electrons. The molecular formula is C30H30N4O3. The Labute approximate surface area is 215 Å². The van der Waals surface area contributed by atoms with Crippen LogP contribution in [0.4, 0.5) is 0 Å². The number of piperidine rings is 1. The Hall–Kier alpha value is -4.26. The first-order valence-electron chi connectivity index (χ1n) is 12.6. The van der Waals surface area contributed by atoms with Gasteiger partial charge < -0.3 is 14.8 Å². The van der Waals surface area contributed by atoms with Gasteiger partial charge in [0.25, 0.3) is 11.5 Å². The van der Waals surface area contributed by atoms with E-state index >= 15 is 0 Å². The van der Waals surface area contributed by atoms with Crippen LogP contribution in [0.15, 0.2) is 83.7 Å². The van der Waals surface area contributed by atoms with Gasteiger partial charge in [-0.25, -0.2) is 4.98 Å². The normalized spacial score (nSPS) is 14.0. The number of amides is 2. The number of aromatic amines is 1. The quantitative estimate of drug-likeness (QED) is 0.433. The first-order valence-corrected chi connectivity index (χ1v) is 12.6. The minimum absolute atomic E-state index is 0.0163. The second-order valence-electron chi connectivity index (χ2n) is 9.59. The van der Waals surface area contributed by atoms with Gasteiger partial charge in [0.05, 0.1) is 17.4 Å². The zero-order valence-corrected chi connectivity index (χ0v) is 20.9. The maximum absolute atomic E-state index is 13.8. The third-order valence-electron chi connectivity index (χ3n) is 7.04. The average molecular weight is 495 g/mol. The van der Waals surface area contributed by atoms with E-state index in [1.165, 1.54) is 0 Å². The van der Waals surface area contributed by atoms with Gasteiger partial charge in [-0.2, -0.15) is 0 Å². The second kappa shape index (κ2) is 10.8. The number of fused-ring (bicyclic) bond motifs is 1. The van der Waals surface area contributed by atoms with Gasteiger partial charge in [0.2, 0.25) is 5.91 Å². The lowest BCUT2D eigenvalue weighted by atomic mass is 9.94. The van der Waals surface area contributed by atoms with E-state index in [2.05, 4.69) is 9.97 Å². The number of carbonyl (C=O) groups excluding carboxylic acids is 2. The fraction of sp³-hybridized carbons (Fsp3) is 0.267. The van der Waals surface area contributed by atoms with Crippen LogP contribution in [-0.4, -0.2) is 44.7 Å². The number of nitrogens with one attached hydrogen (secondary N) is 1. The molecule has 0 spiro atoms. The summed E-state index contributed by atoms with van der Waals surface area (Å²) in [7, 11) is 0. The molecule has 2 amide bonds. The number of benzene rings is 3. The highest BCUT2D eigenvalue weighted by Crippen LogP contribution is 2.24. The maximum Gasteiger partial charge on any atom is 0.258 e. The molecule has 4 aromatic rings. The van der Waals surface area contributed by atoms with E-state index in [1.807, 2.05) is 72.5 Å². The van der Waals surface area contributed by atoms with E-state index in [0.29, 0.717) is 54.8 Å². The Kier molecular flexibility index (Phi) is 7.12. The summed E-state index contributed by atoms with van der Waals surface area (Å²) in [5.41, 5.74) is 3.07. The zero-order valence-electron chi connectivity index (χ0n) is 20.9. The number of H-pyrrole nitrogens is 1. The number of aryl methyl sites for hydroxylation is 1. The summed E-state index contributed by atoms with van der Waals surface area (Å²) in [5, 5.41) is 0.526. The van der Waals surface area contributed by atoms with Crippen molar-refractivity contribution >= 4 is 22.7 Å². The summed E-state index contributed by atoms with van der Waals surface area (Å²) in [6.07, 6.45) is 1.20. The molecule has 0 atom stereocenters. The Morgan fingerprint density at radius 3 is 2.35 bits per heavy atom. The number of rotatable bonds is 6. The Balaban J connectivity index is 1.33. The lowest BCUT2D eigenvalue weighted by molar-refractivity contribution is -0.138. The lowest BCUT2D eigenvalue weighted by Gasteiger charge is -2.34. The fourth-order valence-electron chi connectivity index (χ4n) is 4.98. The summed E-state index contributed by atoms with van der Waals surface area (Å²) < 4.78 is 0. The fourth-order valence-corrected chi connectivity index (χ4v) is 4.98. The van der Waals surface area contributed by atoms with Crippen LogP contribution >= 0.6 is 0 Å². The molecule has 0 bridgehead atoms. The van der Waals surface area contributed by atoms with Crippen LogP contribution < -0.4 is 5.56 Å². The van der Waals surface area contributed by atoms with Gasteiger partial charge >= 0.3 is 0 Å². The summed E-state index contributed by atoms with van der Waals surface area (Å²) in [4.78, 5) is 50.5. The van der Waals surface area contributed by atoms with Crippen LogP contribution in [0.1, 0.15) is 40.2 Å².